The summed E-state index contributed by atoms with van der Waals surface area (Å²) in [7, 11) is 0. The van der Waals surface area contributed by atoms with Gasteiger partial charge in [-0.25, -0.2) is 9.98 Å². The van der Waals surface area contributed by atoms with Crippen LogP contribution in [0.15, 0.2) is 52.8 Å². The van der Waals surface area contributed by atoms with Crippen LogP contribution < -0.4 is 0 Å². The number of carbonyl (C=O) groups excluding carboxylic acids is 1. The van der Waals surface area contributed by atoms with Crippen molar-refractivity contribution in [3.05, 3.63) is 58.5 Å². The van der Waals surface area contributed by atoms with Crippen molar-refractivity contribution in [3.63, 3.8) is 0 Å². The van der Waals surface area contributed by atoms with Crippen molar-refractivity contribution in [3.8, 4) is 0 Å². The molecule has 1 saturated heterocycles. The number of amides is 1. The van der Waals surface area contributed by atoms with Gasteiger partial charge in [-0.3, -0.25) is 14.7 Å². The van der Waals surface area contributed by atoms with Crippen molar-refractivity contribution >= 4 is 46.2 Å². The molecule has 2 fully saturated rings. The minimum Gasteiger partial charge on any atom is -0.283 e. The van der Waals surface area contributed by atoms with Gasteiger partial charge in [0.25, 0.3) is 5.91 Å². The number of nitrogens with zero attached hydrogens (tertiary/aromatic N) is 4. The zero-order chi connectivity index (χ0) is 18.6. The number of pyridine rings is 2. The topological polar surface area (TPSA) is 58.5 Å². The maximum absolute atomic E-state index is 13.2. The molecule has 3 heterocycles. The van der Waals surface area contributed by atoms with E-state index in [0.29, 0.717) is 20.9 Å². The van der Waals surface area contributed by atoms with Crippen LogP contribution in [0.4, 0.5) is 5.69 Å². The van der Waals surface area contributed by atoms with Crippen LogP contribution >= 0.6 is 23.4 Å². The molecule has 27 heavy (non-hydrogen) atoms. The molecule has 1 aliphatic heterocycles. The maximum Gasteiger partial charge on any atom is 0.267 e. The monoisotopic (exact) mass is 398 g/mol. The van der Waals surface area contributed by atoms with E-state index in [4.69, 9.17) is 16.6 Å². The van der Waals surface area contributed by atoms with Crippen LogP contribution in [0.2, 0.25) is 5.15 Å². The van der Waals surface area contributed by atoms with Crippen LogP contribution in [0.25, 0.3) is 6.08 Å². The van der Waals surface area contributed by atoms with Crippen molar-refractivity contribution < 1.29 is 4.79 Å². The van der Waals surface area contributed by atoms with E-state index in [9.17, 15) is 4.79 Å². The van der Waals surface area contributed by atoms with Gasteiger partial charge in [-0.1, -0.05) is 30.9 Å². The molecule has 1 saturated carbocycles. The number of halogens is 1. The van der Waals surface area contributed by atoms with Crippen LogP contribution in [0.1, 0.15) is 37.7 Å². The molecule has 0 atom stereocenters. The number of rotatable bonds is 3. The lowest BCUT2D eigenvalue weighted by Gasteiger charge is -2.30. The third-order valence-electron chi connectivity index (χ3n) is 4.74. The van der Waals surface area contributed by atoms with E-state index >= 15 is 0 Å². The van der Waals surface area contributed by atoms with Gasteiger partial charge in [0.1, 0.15) is 5.69 Å². The fourth-order valence-corrected chi connectivity index (χ4v) is 4.61. The predicted octanol–water partition coefficient (Wildman–Crippen LogP) is 5.07. The lowest BCUT2D eigenvalue weighted by atomic mass is 9.94. The Bertz CT molecular complexity index is 894. The number of carbonyl (C=O) groups is 1. The van der Waals surface area contributed by atoms with Gasteiger partial charge in [0.15, 0.2) is 10.3 Å². The molecule has 1 aliphatic carbocycles. The van der Waals surface area contributed by atoms with Crippen molar-refractivity contribution in [1.29, 1.82) is 0 Å². The molecule has 0 N–H and O–H groups in total. The van der Waals surface area contributed by atoms with Crippen molar-refractivity contribution in [1.82, 2.24) is 14.9 Å². The molecule has 0 aromatic carbocycles. The first-order chi connectivity index (χ1) is 13.2. The molecule has 0 bridgehead atoms. The highest BCUT2D eigenvalue weighted by molar-refractivity contribution is 8.18. The van der Waals surface area contributed by atoms with E-state index in [1.165, 1.54) is 18.2 Å². The second-order valence-electron chi connectivity index (χ2n) is 6.57. The van der Waals surface area contributed by atoms with Crippen LogP contribution in [0.3, 0.4) is 0 Å². The number of amidine groups is 1. The Labute approximate surface area is 167 Å². The van der Waals surface area contributed by atoms with E-state index in [2.05, 4.69) is 9.97 Å². The average Bonchev–Trinajstić information content (AvgIpc) is 3.00. The minimum absolute atomic E-state index is 0.0162. The molecule has 0 unspecified atom stereocenters. The van der Waals surface area contributed by atoms with Crippen LogP contribution in [0, 0.1) is 0 Å². The van der Waals surface area contributed by atoms with Crippen molar-refractivity contribution in [2.75, 3.05) is 0 Å². The highest BCUT2D eigenvalue weighted by atomic mass is 35.5. The number of hydrogen-bond donors (Lipinski definition) is 0. The molecule has 4 rings (SSSR count). The summed E-state index contributed by atoms with van der Waals surface area (Å²) in [6.07, 6.45) is 12.5. The van der Waals surface area contributed by atoms with E-state index in [1.54, 1.807) is 24.7 Å². The van der Waals surface area contributed by atoms with E-state index in [1.807, 2.05) is 29.2 Å². The molecule has 138 valence electrons. The Kier molecular flexibility index (Phi) is 5.55. The fraction of sp³-hybridized carbons (Fsp3) is 0.300. The van der Waals surface area contributed by atoms with Crippen molar-refractivity contribution in [2.45, 2.75) is 38.1 Å². The summed E-state index contributed by atoms with van der Waals surface area (Å²) in [5.74, 6) is 0.0162. The quantitative estimate of drug-likeness (QED) is 0.535. The first-order valence-electron chi connectivity index (χ1n) is 9.05. The minimum atomic E-state index is 0.0162. The zero-order valence-electron chi connectivity index (χ0n) is 14.7. The zero-order valence-corrected chi connectivity index (χ0v) is 16.3. The van der Waals surface area contributed by atoms with Gasteiger partial charge in [-0.05, 0) is 60.5 Å². The summed E-state index contributed by atoms with van der Waals surface area (Å²) in [6.45, 7) is 0. The summed E-state index contributed by atoms with van der Waals surface area (Å²) in [6, 6.07) is 7.58. The van der Waals surface area contributed by atoms with E-state index in [-0.39, 0.29) is 11.9 Å². The Balaban J connectivity index is 1.72. The first-order valence-corrected chi connectivity index (χ1v) is 10.2. The third-order valence-corrected chi connectivity index (χ3v) is 6.01. The number of hydrogen-bond acceptors (Lipinski definition) is 5. The predicted molar refractivity (Wildman–Crippen MR) is 110 cm³/mol. The van der Waals surface area contributed by atoms with Gasteiger partial charge in [0.05, 0.1) is 4.91 Å². The summed E-state index contributed by atoms with van der Waals surface area (Å²) in [5.41, 5.74) is 1.53. The Morgan fingerprint density at radius 1 is 1.15 bits per heavy atom. The number of aliphatic imine (C=N–C) groups is 1. The lowest BCUT2D eigenvalue weighted by molar-refractivity contribution is -0.124. The molecule has 1 amide bonds. The Morgan fingerprint density at radius 2 is 1.93 bits per heavy atom. The summed E-state index contributed by atoms with van der Waals surface area (Å²) in [4.78, 5) is 28.5. The van der Waals surface area contributed by atoms with Crippen LogP contribution in [-0.4, -0.2) is 32.0 Å². The normalized spacial score (nSPS) is 21.4. The van der Waals surface area contributed by atoms with Gasteiger partial charge in [0, 0.05) is 24.6 Å². The molecular weight excluding hydrogens is 380 g/mol. The highest BCUT2D eigenvalue weighted by Crippen LogP contribution is 2.39. The first kappa shape index (κ1) is 18.2. The molecular formula is C20H19ClN4OS. The van der Waals surface area contributed by atoms with Gasteiger partial charge >= 0.3 is 0 Å². The lowest BCUT2D eigenvalue weighted by Crippen LogP contribution is -2.40. The van der Waals surface area contributed by atoms with E-state index < -0.39 is 0 Å². The highest BCUT2D eigenvalue weighted by Gasteiger charge is 2.38. The van der Waals surface area contributed by atoms with Crippen molar-refractivity contribution in [2.24, 2.45) is 4.99 Å². The summed E-state index contributed by atoms with van der Waals surface area (Å²) >= 11 is 7.59. The maximum atomic E-state index is 13.2. The van der Waals surface area contributed by atoms with Gasteiger partial charge in [-0.2, -0.15) is 0 Å². The smallest absolute Gasteiger partial charge is 0.267 e. The second kappa shape index (κ2) is 8.23. The summed E-state index contributed by atoms with van der Waals surface area (Å²) in [5, 5.41) is 1.02. The molecule has 2 aliphatic rings. The molecule has 2 aromatic rings. The fourth-order valence-electron chi connectivity index (χ4n) is 3.40. The number of thioether (sulfide) groups is 1. The van der Waals surface area contributed by atoms with Gasteiger partial charge < -0.3 is 0 Å². The molecule has 2 aromatic heterocycles. The number of aromatic nitrogens is 2. The largest absolute Gasteiger partial charge is 0.283 e. The SMILES string of the molecule is O=C1/C(=C/c2ccncc2)SC(=Nc2cccnc2Cl)N1C1CCCCC1. The molecule has 0 radical (unpaired) electrons. The molecule has 7 heteroatoms. The van der Waals surface area contributed by atoms with Crippen LogP contribution in [-0.2, 0) is 4.79 Å². The summed E-state index contributed by atoms with van der Waals surface area (Å²) < 4.78 is 0. The van der Waals surface area contributed by atoms with E-state index in [0.717, 1.165) is 31.2 Å². The van der Waals surface area contributed by atoms with Crippen LogP contribution in [0.5, 0.6) is 0 Å². The second-order valence-corrected chi connectivity index (χ2v) is 7.93. The standard InChI is InChI=1S/C20H19ClN4OS/c21-18-16(7-4-10-23-18)24-20-25(15-5-2-1-3-6-15)19(26)17(27-20)13-14-8-11-22-12-9-14/h4,7-13,15H,1-3,5-6H2/b17-13-,24-20?. The Hall–Kier alpha value is -2.18. The van der Waals surface area contributed by atoms with Gasteiger partial charge in [0.2, 0.25) is 0 Å². The Morgan fingerprint density at radius 3 is 2.67 bits per heavy atom. The average molecular weight is 399 g/mol. The van der Waals surface area contributed by atoms with Gasteiger partial charge in [-0.15, -0.1) is 0 Å². The molecule has 5 nitrogen and oxygen atoms in total. The third kappa shape index (κ3) is 4.06. The molecule has 0 spiro atoms.